The SMILES string of the molecule is Cc1cc(F)cc(C)c1C(N)c1cccc(Br)c1Cl. The quantitative estimate of drug-likeness (QED) is 0.825. The van der Waals surface area contributed by atoms with Crippen molar-refractivity contribution in [2.24, 2.45) is 5.73 Å². The maximum atomic E-state index is 13.3. The van der Waals surface area contributed by atoms with Crippen LogP contribution in [-0.4, -0.2) is 0 Å². The molecule has 1 unspecified atom stereocenters. The lowest BCUT2D eigenvalue weighted by Gasteiger charge is -2.19. The molecule has 100 valence electrons. The first-order valence-corrected chi connectivity index (χ1v) is 7.05. The van der Waals surface area contributed by atoms with Crippen LogP contribution in [0.3, 0.4) is 0 Å². The van der Waals surface area contributed by atoms with E-state index < -0.39 is 0 Å². The van der Waals surface area contributed by atoms with Gasteiger partial charge in [0, 0.05) is 4.47 Å². The highest BCUT2D eigenvalue weighted by molar-refractivity contribution is 9.10. The fourth-order valence-corrected chi connectivity index (χ4v) is 2.95. The van der Waals surface area contributed by atoms with Gasteiger partial charge < -0.3 is 5.73 Å². The number of benzene rings is 2. The van der Waals surface area contributed by atoms with Crippen LogP contribution in [0.15, 0.2) is 34.8 Å². The Kier molecular flexibility index (Phi) is 4.29. The van der Waals surface area contributed by atoms with Crippen LogP contribution in [0.4, 0.5) is 4.39 Å². The van der Waals surface area contributed by atoms with Crippen molar-refractivity contribution in [2.75, 3.05) is 0 Å². The Morgan fingerprint density at radius 1 is 1.21 bits per heavy atom. The van der Waals surface area contributed by atoms with E-state index in [9.17, 15) is 4.39 Å². The second kappa shape index (κ2) is 5.61. The molecule has 1 nitrogen and oxygen atoms in total. The smallest absolute Gasteiger partial charge is 0.123 e. The van der Waals surface area contributed by atoms with Gasteiger partial charge in [-0.3, -0.25) is 0 Å². The molecular weight excluding hydrogens is 329 g/mol. The molecular formula is C15H14BrClFN. The Morgan fingerprint density at radius 3 is 2.37 bits per heavy atom. The lowest BCUT2D eigenvalue weighted by atomic mass is 9.92. The van der Waals surface area contributed by atoms with Gasteiger partial charge in [-0.2, -0.15) is 0 Å². The van der Waals surface area contributed by atoms with Crippen LogP contribution in [-0.2, 0) is 0 Å². The first-order chi connectivity index (χ1) is 8.91. The zero-order valence-electron chi connectivity index (χ0n) is 10.7. The normalized spacial score (nSPS) is 12.5. The molecule has 0 aliphatic carbocycles. The number of hydrogen-bond acceptors (Lipinski definition) is 1. The van der Waals surface area contributed by atoms with Gasteiger partial charge in [-0.15, -0.1) is 0 Å². The van der Waals surface area contributed by atoms with Gasteiger partial charge in [-0.25, -0.2) is 4.39 Å². The average Bonchev–Trinajstić information content (AvgIpc) is 2.31. The monoisotopic (exact) mass is 341 g/mol. The van der Waals surface area contributed by atoms with Crippen molar-refractivity contribution < 1.29 is 4.39 Å². The Balaban J connectivity index is 2.56. The van der Waals surface area contributed by atoms with E-state index in [0.717, 1.165) is 26.7 Å². The van der Waals surface area contributed by atoms with Crippen molar-refractivity contribution in [3.05, 3.63) is 67.9 Å². The summed E-state index contributed by atoms with van der Waals surface area (Å²) in [7, 11) is 0. The predicted octanol–water partition coefficient (Wildman–Crippen LogP) is 4.91. The molecule has 0 saturated carbocycles. The van der Waals surface area contributed by atoms with E-state index >= 15 is 0 Å². The topological polar surface area (TPSA) is 26.0 Å². The van der Waals surface area contributed by atoms with Gasteiger partial charge in [0.15, 0.2) is 0 Å². The number of nitrogens with two attached hydrogens (primary N) is 1. The third-order valence-electron chi connectivity index (χ3n) is 3.19. The van der Waals surface area contributed by atoms with Crippen LogP contribution in [0.5, 0.6) is 0 Å². The van der Waals surface area contributed by atoms with E-state index in [0.29, 0.717) is 5.02 Å². The molecule has 0 spiro atoms. The summed E-state index contributed by atoms with van der Waals surface area (Å²) in [4.78, 5) is 0. The van der Waals surface area contributed by atoms with Crippen LogP contribution >= 0.6 is 27.5 Å². The van der Waals surface area contributed by atoms with Gasteiger partial charge in [0.25, 0.3) is 0 Å². The molecule has 2 rings (SSSR count). The van der Waals surface area contributed by atoms with Crippen LogP contribution in [0.25, 0.3) is 0 Å². The Hall–Kier alpha value is -0.900. The largest absolute Gasteiger partial charge is 0.320 e. The highest BCUT2D eigenvalue weighted by atomic mass is 79.9. The molecule has 0 fully saturated rings. The zero-order chi connectivity index (χ0) is 14.2. The maximum Gasteiger partial charge on any atom is 0.123 e. The van der Waals surface area contributed by atoms with Crippen molar-refractivity contribution in [3.63, 3.8) is 0 Å². The van der Waals surface area contributed by atoms with Crippen LogP contribution in [0.1, 0.15) is 28.3 Å². The molecule has 0 amide bonds. The summed E-state index contributed by atoms with van der Waals surface area (Å²) in [5.41, 5.74) is 9.72. The fourth-order valence-electron chi connectivity index (χ4n) is 2.33. The number of aryl methyl sites for hydroxylation is 2. The van der Waals surface area contributed by atoms with Gasteiger partial charge >= 0.3 is 0 Å². The molecule has 0 radical (unpaired) electrons. The molecule has 0 bridgehead atoms. The van der Waals surface area contributed by atoms with E-state index in [2.05, 4.69) is 15.9 Å². The van der Waals surface area contributed by atoms with Gasteiger partial charge in [0.05, 0.1) is 11.1 Å². The summed E-state index contributed by atoms with van der Waals surface area (Å²) in [6, 6.07) is 8.26. The Labute approximate surface area is 125 Å². The summed E-state index contributed by atoms with van der Waals surface area (Å²) in [5, 5.41) is 0.595. The van der Waals surface area contributed by atoms with Crippen LogP contribution in [0.2, 0.25) is 5.02 Å². The molecule has 0 aliphatic rings. The summed E-state index contributed by atoms with van der Waals surface area (Å²) in [5.74, 6) is -0.244. The van der Waals surface area contributed by atoms with Gasteiger partial charge in [-0.1, -0.05) is 23.7 Å². The van der Waals surface area contributed by atoms with Gasteiger partial charge in [-0.05, 0) is 70.2 Å². The van der Waals surface area contributed by atoms with E-state index in [-0.39, 0.29) is 11.9 Å². The molecule has 0 saturated heterocycles. The minimum Gasteiger partial charge on any atom is -0.320 e. The van der Waals surface area contributed by atoms with Gasteiger partial charge in [0.1, 0.15) is 5.82 Å². The Morgan fingerprint density at radius 2 is 1.79 bits per heavy atom. The molecule has 0 aliphatic heterocycles. The lowest BCUT2D eigenvalue weighted by molar-refractivity contribution is 0.623. The van der Waals surface area contributed by atoms with Crippen molar-refractivity contribution in [1.82, 2.24) is 0 Å². The fraction of sp³-hybridized carbons (Fsp3) is 0.200. The van der Waals surface area contributed by atoms with Crippen molar-refractivity contribution in [3.8, 4) is 0 Å². The lowest BCUT2D eigenvalue weighted by Crippen LogP contribution is -2.15. The van der Waals surface area contributed by atoms with Crippen LogP contribution < -0.4 is 5.73 Å². The highest BCUT2D eigenvalue weighted by Crippen LogP contribution is 2.34. The van der Waals surface area contributed by atoms with Crippen molar-refractivity contribution in [2.45, 2.75) is 19.9 Å². The van der Waals surface area contributed by atoms with E-state index in [1.807, 2.05) is 32.0 Å². The van der Waals surface area contributed by atoms with E-state index in [4.69, 9.17) is 17.3 Å². The molecule has 19 heavy (non-hydrogen) atoms. The summed E-state index contributed by atoms with van der Waals surface area (Å²) in [6.07, 6.45) is 0. The summed E-state index contributed by atoms with van der Waals surface area (Å²) < 4.78 is 14.1. The predicted molar refractivity (Wildman–Crippen MR) is 81.1 cm³/mol. The third kappa shape index (κ3) is 2.83. The highest BCUT2D eigenvalue weighted by Gasteiger charge is 2.18. The van der Waals surface area contributed by atoms with E-state index in [1.54, 1.807) is 0 Å². The number of hydrogen-bond donors (Lipinski definition) is 1. The first-order valence-electron chi connectivity index (χ1n) is 5.88. The molecule has 2 N–H and O–H groups in total. The summed E-state index contributed by atoms with van der Waals surface area (Å²) in [6.45, 7) is 3.72. The summed E-state index contributed by atoms with van der Waals surface area (Å²) >= 11 is 9.66. The molecule has 0 heterocycles. The van der Waals surface area contributed by atoms with E-state index in [1.165, 1.54) is 12.1 Å². The second-order valence-electron chi connectivity index (χ2n) is 4.57. The number of halogens is 3. The minimum absolute atomic E-state index is 0.244. The molecule has 1 atom stereocenters. The van der Waals surface area contributed by atoms with Crippen LogP contribution in [0, 0.1) is 19.7 Å². The molecule has 0 aromatic heterocycles. The van der Waals surface area contributed by atoms with Gasteiger partial charge in [0.2, 0.25) is 0 Å². The standard InChI is InChI=1S/C15H14BrClFN/c1-8-6-10(18)7-9(2)13(8)15(19)11-4-3-5-12(16)14(11)17/h3-7,15H,19H2,1-2H3. The molecule has 2 aromatic rings. The number of rotatable bonds is 2. The molecule has 2 aromatic carbocycles. The average molecular weight is 343 g/mol. The van der Waals surface area contributed by atoms with Crippen molar-refractivity contribution >= 4 is 27.5 Å². The first kappa shape index (κ1) is 14.5. The zero-order valence-corrected chi connectivity index (χ0v) is 13.0. The molecule has 4 heteroatoms. The third-order valence-corrected chi connectivity index (χ3v) is 4.50. The second-order valence-corrected chi connectivity index (χ2v) is 5.81. The van der Waals surface area contributed by atoms with Crippen molar-refractivity contribution in [1.29, 1.82) is 0 Å². The Bertz CT molecular complexity index is 605. The maximum absolute atomic E-state index is 13.3. The minimum atomic E-state index is -0.370.